The first kappa shape index (κ1) is 18.5. The van der Waals surface area contributed by atoms with Gasteiger partial charge in [-0.2, -0.15) is 0 Å². The van der Waals surface area contributed by atoms with E-state index in [0.717, 1.165) is 0 Å². The zero-order valence-corrected chi connectivity index (χ0v) is 17.4. The van der Waals surface area contributed by atoms with Crippen molar-refractivity contribution in [2.24, 2.45) is 0 Å². The van der Waals surface area contributed by atoms with E-state index in [-0.39, 0.29) is 0 Å². The van der Waals surface area contributed by atoms with Gasteiger partial charge in [0.15, 0.2) is 0 Å². The first-order valence-corrected chi connectivity index (χ1v) is 11.1. The summed E-state index contributed by atoms with van der Waals surface area (Å²) in [6, 6.07) is 16.3. The van der Waals surface area contributed by atoms with Crippen LogP contribution in [0.1, 0.15) is 80.7 Å². The molecule has 0 amide bonds. The highest BCUT2D eigenvalue weighted by Crippen LogP contribution is 2.41. The molecule has 2 aliphatic rings. The molecular weight excluding hydrogens is 326 g/mol. The van der Waals surface area contributed by atoms with Gasteiger partial charge in [-0.1, -0.05) is 57.5 Å². The van der Waals surface area contributed by atoms with Crippen LogP contribution in [0.2, 0.25) is 0 Å². The molecular formula is C26H34N+. The van der Waals surface area contributed by atoms with Gasteiger partial charge in [-0.15, -0.1) is 0 Å². The summed E-state index contributed by atoms with van der Waals surface area (Å²) in [5.41, 5.74) is 9.61. The summed E-state index contributed by atoms with van der Waals surface area (Å²) in [5, 5.41) is 0. The van der Waals surface area contributed by atoms with E-state index < -0.39 is 0 Å². The van der Waals surface area contributed by atoms with Gasteiger partial charge in [0.25, 0.3) is 0 Å². The van der Waals surface area contributed by atoms with E-state index in [4.69, 9.17) is 0 Å². The Bertz CT molecular complexity index is 854. The summed E-state index contributed by atoms with van der Waals surface area (Å²) in [6.07, 6.45) is 8.71. The highest BCUT2D eigenvalue weighted by Gasteiger charge is 2.40. The first-order valence-electron chi connectivity index (χ1n) is 11.1. The van der Waals surface area contributed by atoms with E-state index in [2.05, 4.69) is 67.8 Å². The van der Waals surface area contributed by atoms with Gasteiger partial charge in [0.1, 0.15) is 13.1 Å². The molecule has 0 bridgehead atoms. The summed E-state index contributed by atoms with van der Waals surface area (Å²) >= 11 is 0. The standard InChI is InChI=1S/C26H34N/c1-4-7-11-20-12-10-14-22-21(20)16-18-27-19-17-26(5-2,6-3)24-15-9-8-13-23(24)25(22)27/h8-10,12-15H,4-7,11,16-19H2,1-3H3/q+1. The lowest BCUT2D eigenvalue weighted by atomic mass is 9.71. The van der Waals surface area contributed by atoms with Gasteiger partial charge in [0.2, 0.25) is 5.71 Å². The molecule has 1 heteroatoms. The maximum Gasteiger partial charge on any atom is 0.215 e. The highest BCUT2D eigenvalue weighted by atomic mass is 15.0. The van der Waals surface area contributed by atoms with Crippen LogP contribution in [-0.2, 0) is 18.3 Å². The second kappa shape index (κ2) is 7.62. The van der Waals surface area contributed by atoms with E-state index in [1.54, 1.807) is 16.7 Å². The van der Waals surface area contributed by atoms with Gasteiger partial charge in [0.05, 0.1) is 11.1 Å². The molecule has 0 aromatic heterocycles. The normalized spacial score (nSPS) is 17.7. The van der Waals surface area contributed by atoms with Crippen molar-refractivity contribution in [2.45, 2.75) is 71.1 Å². The molecule has 2 aromatic carbocycles. The number of nitrogens with zero attached hydrogens (tertiary/aromatic N) is 1. The van der Waals surface area contributed by atoms with Crippen molar-refractivity contribution in [3.8, 4) is 0 Å². The van der Waals surface area contributed by atoms with Crippen LogP contribution < -0.4 is 0 Å². The number of aryl methyl sites for hydroxylation is 1. The Hall–Kier alpha value is -1.89. The van der Waals surface area contributed by atoms with E-state index >= 15 is 0 Å². The minimum absolute atomic E-state index is 0.320. The lowest BCUT2D eigenvalue weighted by molar-refractivity contribution is -0.529. The third-order valence-corrected chi connectivity index (χ3v) is 7.24. The summed E-state index contributed by atoms with van der Waals surface area (Å²) < 4.78 is 2.69. The Morgan fingerprint density at radius 2 is 1.67 bits per heavy atom. The lowest BCUT2D eigenvalue weighted by Crippen LogP contribution is -2.31. The molecule has 0 fully saturated rings. The van der Waals surface area contributed by atoms with E-state index in [1.165, 1.54) is 74.9 Å². The Balaban J connectivity index is 1.90. The minimum atomic E-state index is 0.320. The van der Waals surface area contributed by atoms with Crippen LogP contribution in [0.4, 0.5) is 0 Å². The van der Waals surface area contributed by atoms with Gasteiger partial charge in [-0.25, -0.2) is 4.58 Å². The molecule has 2 aromatic rings. The fourth-order valence-electron chi connectivity index (χ4n) is 5.44. The molecule has 0 N–H and O–H groups in total. The van der Waals surface area contributed by atoms with Crippen molar-refractivity contribution in [3.05, 3.63) is 70.3 Å². The number of unbranched alkanes of at least 4 members (excludes halogenated alkanes) is 1. The topological polar surface area (TPSA) is 3.01 Å². The van der Waals surface area contributed by atoms with Crippen molar-refractivity contribution in [3.63, 3.8) is 0 Å². The Labute approximate surface area is 165 Å². The van der Waals surface area contributed by atoms with E-state index in [0.29, 0.717) is 5.41 Å². The molecule has 0 aliphatic carbocycles. The molecule has 4 rings (SSSR count). The maximum atomic E-state index is 2.69. The number of benzene rings is 2. The predicted octanol–water partition coefficient (Wildman–Crippen LogP) is 5.90. The maximum absolute atomic E-state index is 2.69. The molecule has 0 spiro atoms. The fourth-order valence-corrected chi connectivity index (χ4v) is 5.44. The second-order valence-electron chi connectivity index (χ2n) is 8.42. The SMILES string of the molecule is CCCCc1cccc2c1CC[N+]1=C2c2ccccc2C(CC)(CC)CC1. The third kappa shape index (κ3) is 3.06. The largest absolute Gasteiger partial charge is 0.229 e. The van der Waals surface area contributed by atoms with Crippen LogP contribution >= 0.6 is 0 Å². The number of hydrogen-bond acceptors (Lipinski definition) is 0. The van der Waals surface area contributed by atoms with Crippen LogP contribution in [0.3, 0.4) is 0 Å². The Kier molecular flexibility index (Phi) is 5.21. The van der Waals surface area contributed by atoms with Crippen LogP contribution in [0.25, 0.3) is 0 Å². The molecule has 27 heavy (non-hydrogen) atoms. The summed E-state index contributed by atoms with van der Waals surface area (Å²) in [4.78, 5) is 0. The van der Waals surface area contributed by atoms with Crippen molar-refractivity contribution >= 4 is 5.71 Å². The van der Waals surface area contributed by atoms with Crippen molar-refractivity contribution < 1.29 is 4.58 Å². The van der Waals surface area contributed by atoms with E-state index in [1.807, 2.05) is 0 Å². The monoisotopic (exact) mass is 360 g/mol. The predicted molar refractivity (Wildman–Crippen MR) is 115 cm³/mol. The summed E-state index contributed by atoms with van der Waals surface area (Å²) in [5.74, 6) is 0. The molecule has 0 unspecified atom stereocenters. The Morgan fingerprint density at radius 1 is 0.889 bits per heavy atom. The number of fused-ring (bicyclic) bond motifs is 4. The average Bonchev–Trinajstić information content (AvgIpc) is 2.87. The molecule has 142 valence electrons. The highest BCUT2D eigenvalue weighted by molar-refractivity contribution is 6.12. The van der Waals surface area contributed by atoms with Gasteiger partial charge >= 0.3 is 0 Å². The molecule has 2 heterocycles. The molecule has 0 saturated carbocycles. The first-order chi connectivity index (χ1) is 13.2. The molecule has 2 aliphatic heterocycles. The van der Waals surface area contributed by atoms with Gasteiger partial charge in [-0.3, -0.25) is 0 Å². The lowest BCUT2D eigenvalue weighted by Gasteiger charge is -2.31. The zero-order chi connectivity index (χ0) is 18.9. The third-order valence-electron chi connectivity index (χ3n) is 7.24. The summed E-state index contributed by atoms with van der Waals surface area (Å²) in [7, 11) is 0. The average molecular weight is 361 g/mol. The van der Waals surface area contributed by atoms with Crippen molar-refractivity contribution in [2.75, 3.05) is 13.1 Å². The number of hydrogen-bond donors (Lipinski definition) is 0. The second-order valence-corrected chi connectivity index (χ2v) is 8.42. The molecule has 0 atom stereocenters. The van der Waals surface area contributed by atoms with Crippen molar-refractivity contribution in [1.29, 1.82) is 0 Å². The molecule has 0 saturated heterocycles. The molecule has 1 nitrogen and oxygen atoms in total. The van der Waals surface area contributed by atoms with Crippen LogP contribution in [0.5, 0.6) is 0 Å². The summed E-state index contributed by atoms with van der Waals surface area (Å²) in [6.45, 7) is 9.41. The van der Waals surface area contributed by atoms with Crippen molar-refractivity contribution in [1.82, 2.24) is 0 Å². The zero-order valence-electron chi connectivity index (χ0n) is 17.4. The van der Waals surface area contributed by atoms with E-state index in [9.17, 15) is 0 Å². The van der Waals surface area contributed by atoms with Gasteiger partial charge in [0, 0.05) is 18.3 Å². The molecule has 0 radical (unpaired) electrons. The van der Waals surface area contributed by atoms with Gasteiger partial charge < -0.3 is 0 Å². The Morgan fingerprint density at radius 3 is 2.44 bits per heavy atom. The van der Waals surface area contributed by atoms with Crippen LogP contribution in [-0.4, -0.2) is 23.4 Å². The van der Waals surface area contributed by atoms with Crippen LogP contribution in [0, 0.1) is 0 Å². The van der Waals surface area contributed by atoms with Gasteiger partial charge in [-0.05, 0) is 54.5 Å². The smallest absolute Gasteiger partial charge is 0.215 e. The minimum Gasteiger partial charge on any atom is -0.229 e. The quantitative estimate of drug-likeness (QED) is 0.584. The fraction of sp³-hybridized carbons (Fsp3) is 0.500. The van der Waals surface area contributed by atoms with Crippen LogP contribution in [0.15, 0.2) is 42.5 Å². The number of rotatable bonds is 5.